The number of benzene rings is 2. The van der Waals surface area contributed by atoms with Gasteiger partial charge in [-0.1, -0.05) is 35.4 Å². The second-order valence-electron chi connectivity index (χ2n) is 14.2. The van der Waals surface area contributed by atoms with Crippen LogP contribution in [0.2, 0.25) is 5.02 Å². The number of aromatic nitrogens is 2. The van der Waals surface area contributed by atoms with Gasteiger partial charge in [0.05, 0.1) is 28.0 Å². The topological polar surface area (TPSA) is 156 Å². The van der Waals surface area contributed by atoms with Crippen molar-refractivity contribution in [3.63, 3.8) is 0 Å². The van der Waals surface area contributed by atoms with E-state index in [0.29, 0.717) is 32.6 Å². The first-order chi connectivity index (χ1) is 23.6. The van der Waals surface area contributed by atoms with Crippen LogP contribution in [0.4, 0.5) is 10.6 Å². The number of phenolic OH excluding ortho intramolecular Hbond substituents is 1. The zero-order valence-electron chi connectivity index (χ0n) is 28.0. The average molecular weight is 712 g/mol. The lowest BCUT2D eigenvalue weighted by Crippen LogP contribution is -2.49. The van der Waals surface area contributed by atoms with Gasteiger partial charge in [-0.05, 0) is 92.3 Å². The molecule has 50 heavy (non-hydrogen) atoms. The number of anilines is 1. The molecule has 8 rings (SSSR count). The number of hydrogen-bond acceptors (Lipinski definition) is 8. The van der Waals surface area contributed by atoms with E-state index in [-0.39, 0.29) is 18.6 Å². The van der Waals surface area contributed by atoms with E-state index in [1.54, 1.807) is 49.9 Å². The number of nitrogens with zero attached hydrogens (tertiary/aromatic N) is 4. The number of carbonyl (C=O) groups is 5. The third kappa shape index (κ3) is 4.21. The molecule has 13 heteroatoms. The molecule has 2 saturated heterocycles. The van der Waals surface area contributed by atoms with Crippen LogP contribution in [0.5, 0.6) is 5.75 Å². The number of aromatic hydroxyl groups is 1. The SMILES string of the molecule is Cc1cc(C2C3=CCC4C(=O)N(C(N)=O)C(=O)C4C3CC3C(=O)N(c4cc(-c5sc6ccc(Cl)cc6c5C)nn4C)C(=O)C32C)cc(C)c1O. The van der Waals surface area contributed by atoms with Crippen LogP contribution in [0, 0.1) is 49.9 Å². The van der Waals surface area contributed by atoms with Crippen LogP contribution in [0.1, 0.15) is 47.9 Å². The zero-order chi connectivity index (χ0) is 35.7. The zero-order valence-corrected chi connectivity index (χ0v) is 29.6. The second kappa shape index (κ2) is 10.8. The Labute approximate surface area is 296 Å². The molecule has 1 saturated carbocycles. The molecule has 3 fully saturated rings. The van der Waals surface area contributed by atoms with Gasteiger partial charge in [-0.3, -0.25) is 23.9 Å². The summed E-state index contributed by atoms with van der Waals surface area (Å²) in [7, 11) is 1.70. The highest BCUT2D eigenvalue weighted by Crippen LogP contribution is 2.64. The molecule has 0 bridgehead atoms. The number of primary amides is 1. The lowest BCUT2D eigenvalue weighted by molar-refractivity contribution is -0.136. The number of rotatable bonds is 3. The number of thiophene rings is 1. The fourth-order valence-electron chi connectivity index (χ4n) is 9.20. The first-order valence-corrected chi connectivity index (χ1v) is 17.6. The molecule has 2 aliphatic heterocycles. The molecule has 0 spiro atoms. The molecule has 2 aromatic carbocycles. The quantitative estimate of drug-likeness (QED) is 0.198. The normalized spacial score (nSPS) is 27.6. The lowest BCUT2D eigenvalue weighted by Gasteiger charge is -2.49. The van der Waals surface area contributed by atoms with Crippen LogP contribution in [-0.2, 0) is 26.2 Å². The first-order valence-electron chi connectivity index (χ1n) is 16.4. The van der Waals surface area contributed by atoms with E-state index < -0.39 is 64.7 Å². The molecule has 11 nitrogen and oxygen atoms in total. The summed E-state index contributed by atoms with van der Waals surface area (Å²) >= 11 is 7.84. The number of halogens is 1. The Morgan fingerprint density at radius 3 is 2.40 bits per heavy atom. The van der Waals surface area contributed by atoms with Crippen molar-refractivity contribution in [3.8, 4) is 16.3 Å². The third-order valence-electron chi connectivity index (χ3n) is 11.6. The van der Waals surface area contributed by atoms with Crippen LogP contribution in [-0.4, -0.2) is 49.4 Å². The molecule has 256 valence electrons. The summed E-state index contributed by atoms with van der Waals surface area (Å²) < 4.78 is 2.57. The van der Waals surface area contributed by atoms with Crippen molar-refractivity contribution in [2.45, 2.75) is 46.5 Å². The molecule has 4 heterocycles. The summed E-state index contributed by atoms with van der Waals surface area (Å²) in [6.45, 7) is 7.34. The van der Waals surface area contributed by atoms with Gasteiger partial charge in [-0.2, -0.15) is 10.00 Å². The van der Waals surface area contributed by atoms with Gasteiger partial charge in [-0.15, -0.1) is 11.3 Å². The van der Waals surface area contributed by atoms with Crippen LogP contribution in [0.3, 0.4) is 0 Å². The third-order valence-corrected chi connectivity index (χ3v) is 13.1. The number of likely N-dealkylation sites (tertiary alicyclic amines) is 1. The minimum absolute atomic E-state index is 0.129. The molecule has 4 aliphatic rings. The fourth-order valence-corrected chi connectivity index (χ4v) is 10.5. The maximum Gasteiger partial charge on any atom is 0.328 e. The molecule has 2 aliphatic carbocycles. The number of fused-ring (bicyclic) bond motifs is 5. The van der Waals surface area contributed by atoms with Crippen LogP contribution < -0.4 is 10.6 Å². The predicted molar refractivity (Wildman–Crippen MR) is 187 cm³/mol. The molecule has 3 N–H and O–H groups in total. The van der Waals surface area contributed by atoms with Crippen LogP contribution in [0.15, 0.2) is 48.0 Å². The van der Waals surface area contributed by atoms with Gasteiger partial charge in [0.2, 0.25) is 23.6 Å². The molecular formula is C37H34ClN5O6S. The highest BCUT2D eigenvalue weighted by Gasteiger charge is 2.68. The molecule has 2 aromatic heterocycles. The van der Waals surface area contributed by atoms with Gasteiger partial charge in [0.25, 0.3) is 0 Å². The Bertz CT molecular complexity index is 2270. The van der Waals surface area contributed by atoms with E-state index in [4.69, 9.17) is 22.4 Å². The standard InChI is InChI=1S/C37H34ClN5O6S/c1-15-10-18(11-16(2)30(15)44)29-20-7-8-21-28(34(47)43(32(21)45)36(39)49)23(20)13-24-33(46)42(35(48)37(24,29)4)27-14-25(40-41(27)5)31-17(3)22-12-19(38)6-9-26(22)50-31/h6-7,9-12,14,21,23-24,28-29,44H,8,13H2,1-5H3,(H2,39,49). The molecule has 0 radical (unpaired) electrons. The number of phenols is 1. The number of allylic oxidation sites excluding steroid dienone is 2. The van der Waals surface area contributed by atoms with Gasteiger partial charge >= 0.3 is 6.03 Å². The molecule has 6 atom stereocenters. The van der Waals surface area contributed by atoms with E-state index in [9.17, 15) is 29.1 Å². The van der Waals surface area contributed by atoms with Gasteiger partial charge in [-0.25, -0.2) is 9.69 Å². The number of aryl methyl sites for hydroxylation is 4. The van der Waals surface area contributed by atoms with Crippen molar-refractivity contribution in [3.05, 3.63) is 75.3 Å². The van der Waals surface area contributed by atoms with Gasteiger partial charge in [0.15, 0.2) is 0 Å². The number of carbonyl (C=O) groups excluding carboxylic acids is 5. The van der Waals surface area contributed by atoms with E-state index in [1.807, 2.05) is 43.3 Å². The second-order valence-corrected chi connectivity index (χ2v) is 15.7. The summed E-state index contributed by atoms with van der Waals surface area (Å²) in [5.74, 6) is -5.51. The molecule has 6 amide bonds. The fraction of sp³-hybridized carbons (Fsp3) is 0.351. The number of nitrogens with two attached hydrogens (primary N) is 1. The van der Waals surface area contributed by atoms with Crippen LogP contribution >= 0.6 is 22.9 Å². The lowest BCUT2D eigenvalue weighted by atomic mass is 9.51. The highest BCUT2D eigenvalue weighted by atomic mass is 35.5. The maximum atomic E-state index is 15.0. The van der Waals surface area contributed by atoms with Gasteiger partial charge < -0.3 is 10.8 Å². The van der Waals surface area contributed by atoms with E-state index in [2.05, 4.69) is 0 Å². The maximum absolute atomic E-state index is 15.0. The smallest absolute Gasteiger partial charge is 0.328 e. The summed E-state index contributed by atoms with van der Waals surface area (Å²) in [6, 6.07) is 9.97. The summed E-state index contributed by atoms with van der Waals surface area (Å²) in [6.07, 6.45) is 2.22. The Morgan fingerprint density at radius 2 is 1.72 bits per heavy atom. The number of hydrogen-bond donors (Lipinski definition) is 2. The monoisotopic (exact) mass is 711 g/mol. The average Bonchev–Trinajstić information content (AvgIpc) is 3.73. The minimum atomic E-state index is -1.29. The number of urea groups is 1. The molecule has 4 aromatic rings. The highest BCUT2D eigenvalue weighted by molar-refractivity contribution is 7.22. The Hall–Kier alpha value is -4.81. The summed E-state index contributed by atoms with van der Waals surface area (Å²) in [5, 5.41) is 17.1. The van der Waals surface area contributed by atoms with E-state index in [1.165, 1.54) is 4.90 Å². The number of amides is 6. The van der Waals surface area contributed by atoms with Crippen molar-refractivity contribution >= 4 is 68.5 Å². The molecular weight excluding hydrogens is 678 g/mol. The van der Waals surface area contributed by atoms with Crippen molar-refractivity contribution in [1.82, 2.24) is 14.7 Å². The van der Waals surface area contributed by atoms with E-state index in [0.717, 1.165) is 31.7 Å². The van der Waals surface area contributed by atoms with Crippen molar-refractivity contribution < 1.29 is 29.1 Å². The van der Waals surface area contributed by atoms with E-state index >= 15 is 0 Å². The van der Waals surface area contributed by atoms with Gasteiger partial charge in [0.1, 0.15) is 17.3 Å². The van der Waals surface area contributed by atoms with Gasteiger partial charge in [0, 0.05) is 28.8 Å². The largest absolute Gasteiger partial charge is 0.507 e. The van der Waals surface area contributed by atoms with Crippen molar-refractivity contribution in [2.24, 2.45) is 41.9 Å². The van der Waals surface area contributed by atoms with Crippen LogP contribution in [0.25, 0.3) is 20.7 Å². The van der Waals surface area contributed by atoms with Crippen molar-refractivity contribution in [1.29, 1.82) is 0 Å². The molecule has 6 unspecified atom stereocenters. The Kier molecular flexibility index (Phi) is 7.03. The first kappa shape index (κ1) is 32.4. The minimum Gasteiger partial charge on any atom is -0.507 e. The predicted octanol–water partition coefficient (Wildman–Crippen LogP) is 5.90. The van der Waals surface area contributed by atoms with Crippen molar-refractivity contribution in [2.75, 3.05) is 4.90 Å². The Morgan fingerprint density at radius 1 is 1.02 bits per heavy atom. The summed E-state index contributed by atoms with van der Waals surface area (Å²) in [4.78, 5) is 71.5. The summed E-state index contributed by atoms with van der Waals surface area (Å²) in [5.41, 5.74) is 8.49. The number of imide groups is 4. The Balaban J connectivity index is 1.27.